The number of halogens is 2. The Kier molecular flexibility index (Phi) is 3.67. The summed E-state index contributed by atoms with van der Waals surface area (Å²) in [5, 5.41) is 8.31. The summed E-state index contributed by atoms with van der Waals surface area (Å²) in [5.41, 5.74) is 1.08. The van der Waals surface area contributed by atoms with Crippen molar-refractivity contribution < 1.29 is 13.6 Å². The molecule has 2 fully saturated rings. The Bertz CT molecular complexity index is 826. The number of hydrogen-bond donors (Lipinski definition) is 0. The van der Waals surface area contributed by atoms with Crippen molar-refractivity contribution in [1.29, 1.82) is 0 Å². The van der Waals surface area contributed by atoms with Gasteiger partial charge in [0.1, 0.15) is 0 Å². The van der Waals surface area contributed by atoms with Gasteiger partial charge in [0.15, 0.2) is 17.5 Å². The minimum absolute atomic E-state index is 0.0529. The zero-order valence-electron chi connectivity index (χ0n) is 13.9. The molecule has 1 atom stereocenters. The van der Waals surface area contributed by atoms with Crippen LogP contribution in [0.4, 0.5) is 20.3 Å². The van der Waals surface area contributed by atoms with Gasteiger partial charge in [0, 0.05) is 43.2 Å². The molecule has 1 amide bonds. The van der Waals surface area contributed by atoms with E-state index in [1.165, 1.54) is 6.07 Å². The third kappa shape index (κ3) is 2.83. The monoisotopic (exact) mass is 344 g/mol. The molecule has 4 rings (SSSR count). The van der Waals surface area contributed by atoms with Crippen molar-refractivity contribution in [3.63, 3.8) is 0 Å². The van der Waals surface area contributed by atoms with E-state index >= 15 is 0 Å². The molecule has 3 heterocycles. The Morgan fingerprint density at radius 3 is 2.64 bits per heavy atom. The van der Waals surface area contributed by atoms with Gasteiger partial charge in [-0.1, -0.05) is 0 Å². The number of hydrogen-bond acceptors (Lipinski definition) is 4. The fourth-order valence-corrected chi connectivity index (χ4v) is 3.75. The topological polar surface area (TPSA) is 49.3 Å². The van der Waals surface area contributed by atoms with Crippen molar-refractivity contribution in [3.05, 3.63) is 47.7 Å². The molecule has 0 N–H and O–H groups in total. The predicted molar refractivity (Wildman–Crippen MR) is 89.4 cm³/mol. The fraction of sp³-hybridized carbons (Fsp3) is 0.389. The summed E-state index contributed by atoms with van der Waals surface area (Å²) in [6.07, 6.45) is 1.26. The third-order valence-corrected chi connectivity index (χ3v) is 5.08. The summed E-state index contributed by atoms with van der Waals surface area (Å²) in [5.74, 6) is -1.09. The number of aryl methyl sites for hydroxylation is 1. The lowest BCUT2D eigenvalue weighted by molar-refractivity contribution is -0.117. The number of rotatable bonds is 2. The van der Waals surface area contributed by atoms with E-state index in [0.717, 1.165) is 36.6 Å². The van der Waals surface area contributed by atoms with E-state index in [-0.39, 0.29) is 11.3 Å². The lowest BCUT2D eigenvalue weighted by Crippen LogP contribution is -2.31. The van der Waals surface area contributed by atoms with Gasteiger partial charge in [-0.05, 0) is 37.6 Å². The molecule has 7 heteroatoms. The van der Waals surface area contributed by atoms with Crippen molar-refractivity contribution in [2.24, 2.45) is 5.41 Å². The van der Waals surface area contributed by atoms with Crippen LogP contribution in [-0.2, 0) is 4.79 Å². The highest BCUT2D eigenvalue weighted by Gasteiger charge is 2.48. The quantitative estimate of drug-likeness (QED) is 0.840. The summed E-state index contributed by atoms with van der Waals surface area (Å²) < 4.78 is 26.7. The average Bonchev–Trinajstić information content (AvgIpc) is 3.14. The van der Waals surface area contributed by atoms with Gasteiger partial charge >= 0.3 is 0 Å². The van der Waals surface area contributed by atoms with Crippen LogP contribution in [0.25, 0.3) is 0 Å². The van der Waals surface area contributed by atoms with Crippen LogP contribution in [0, 0.1) is 24.0 Å². The zero-order chi connectivity index (χ0) is 17.6. The van der Waals surface area contributed by atoms with Crippen LogP contribution in [-0.4, -0.2) is 35.7 Å². The van der Waals surface area contributed by atoms with Crippen LogP contribution >= 0.6 is 0 Å². The number of carbonyl (C=O) groups is 1. The summed E-state index contributed by atoms with van der Waals surface area (Å²) >= 11 is 0. The van der Waals surface area contributed by atoms with Crippen molar-refractivity contribution in [1.82, 2.24) is 10.2 Å². The van der Waals surface area contributed by atoms with E-state index in [1.54, 1.807) is 4.90 Å². The summed E-state index contributed by atoms with van der Waals surface area (Å²) in [6.45, 7) is 3.90. The third-order valence-electron chi connectivity index (χ3n) is 5.08. The van der Waals surface area contributed by atoms with E-state index in [2.05, 4.69) is 15.1 Å². The molecule has 130 valence electrons. The molecule has 1 aromatic carbocycles. The Balaban J connectivity index is 1.53. The summed E-state index contributed by atoms with van der Waals surface area (Å²) in [7, 11) is 0. The van der Waals surface area contributed by atoms with E-state index in [9.17, 15) is 13.6 Å². The Hall–Kier alpha value is -2.57. The SMILES string of the molecule is Cc1ccc(N2CCC3(CC(=O)N(c4ccc(F)c(F)c4)C3)C2)nn1. The van der Waals surface area contributed by atoms with Gasteiger partial charge in [-0.25, -0.2) is 8.78 Å². The number of anilines is 2. The highest BCUT2D eigenvalue weighted by Crippen LogP contribution is 2.42. The molecule has 5 nitrogen and oxygen atoms in total. The van der Waals surface area contributed by atoms with Crippen molar-refractivity contribution in [2.75, 3.05) is 29.4 Å². The molecular formula is C18H18F2N4O. The molecule has 0 saturated carbocycles. The molecule has 0 aliphatic carbocycles. The number of carbonyl (C=O) groups excluding carboxylic acids is 1. The first kappa shape index (κ1) is 15.9. The lowest BCUT2D eigenvalue weighted by Gasteiger charge is -2.24. The molecule has 1 aromatic heterocycles. The van der Waals surface area contributed by atoms with Gasteiger partial charge in [-0.3, -0.25) is 4.79 Å². The van der Waals surface area contributed by atoms with Gasteiger partial charge in [0.05, 0.1) is 5.69 Å². The Labute approximate surface area is 144 Å². The smallest absolute Gasteiger partial charge is 0.227 e. The molecule has 2 aliphatic heterocycles. The van der Waals surface area contributed by atoms with Crippen LogP contribution in [0.5, 0.6) is 0 Å². The zero-order valence-corrected chi connectivity index (χ0v) is 13.9. The second-order valence-corrected chi connectivity index (χ2v) is 6.96. The van der Waals surface area contributed by atoms with E-state index < -0.39 is 11.6 Å². The highest BCUT2D eigenvalue weighted by atomic mass is 19.2. The number of aromatic nitrogens is 2. The van der Waals surface area contributed by atoms with Gasteiger partial charge in [-0.15, -0.1) is 5.10 Å². The first-order chi connectivity index (χ1) is 12.0. The lowest BCUT2D eigenvalue weighted by atomic mass is 9.86. The van der Waals surface area contributed by atoms with Crippen LogP contribution < -0.4 is 9.80 Å². The number of nitrogens with zero attached hydrogens (tertiary/aromatic N) is 4. The Morgan fingerprint density at radius 1 is 1.08 bits per heavy atom. The second-order valence-electron chi connectivity index (χ2n) is 6.96. The molecule has 25 heavy (non-hydrogen) atoms. The first-order valence-electron chi connectivity index (χ1n) is 8.27. The minimum atomic E-state index is -0.936. The molecule has 0 bridgehead atoms. The second kappa shape index (κ2) is 5.75. The van der Waals surface area contributed by atoms with Gasteiger partial charge in [-0.2, -0.15) is 5.10 Å². The van der Waals surface area contributed by atoms with E-state index in [0.29, 0.717) is 25.2 Å². The first-order valence-corrected chi connectivity index (χ1v) is 8.27. The van der Waals surface area contributed by atoms with Crippen LogP contribution in [0.3, 0.4) is 0 Å². The largest absolute Gasteiger partial charge is 0.354 e. The van der Waals surface area contributed by atoms with Crippen LogP contribution in [0.2, 0.25) is 0 Å². The van der Waals surface area contributed by atoms with Crippen molar-refractivity contribution in [2.45, 2.75) is 19.8 Å². The molecule has 2 aromatic rings. The van der Waals surface area contributed by atoms with Gasteiger partial charge in [0.25, 0.3) is 0 Å². The number of amides is 1. The maximum atomic E-state index is 13.5. The molecule has 2 aliphatic rings. The predicted octanol–water partition coefficient (Wildman–Crippen LogP) is 2.70. The van der Waals surface area contributed by atoms with Gasteiger partial charge < -0.3 is 9.80 Å². The standard InChI is InChI=1S/C18H18F2N4O/c1-12-2-5-16(22-21-12)23-7-6-18(10-23)9-17(25)24(11-18)13-3-4-14(19)15(20)8-13/h2-5,8H,6-7,9-11H2,1H3. The van der Waals surface area contributed by atoms with Gasteiger partial charge in [0.2, 0.25) is 5.91 Å². The normalized spacial score (nSPS) is 23.1. The maximum Gasteiger partial charge on any atom is 0.227 e. The van der Waals surface area contributed by atoms with Crippen LogP contribution in [0.15, 0.2) is 30.3 Å². The maximum absolute atomic E-state index is 13.5. The molecular weight excluding hydrogens is 326 g/mol. The van der Waals surface area contributed by atoms with Crippen LogP contribution in [0.1, 0.15) is 18.5 Å². The minimum Gasteiger partial charge on any atom is -0.354 e. The number of benzene rings is 1. The van der Waals surface area contributed by atoms with E-state index in [1.807, 2.05) is 19.1 Å². The highest BCUT2D eigenvalue weighted by molar-refractivity contribution is 5.96. The molecule has 1 unspecified atom stereocenters. The van der Waals surface area contributed by atoms with Crippen molar-refractivity contribution in [3.8, 4) is 0 Å². The molecule has 0 radical (unpaired) electrons. The Morgan fingerprint density at radius 2 is 1.92 bits per heavy atom. The van der Waals surface area contributed by atoms with Crippen molar-refractivity contribution >= 4 is 17.4 Å². The molecule has 2 saturated heterocycles. The summed E-state index contributed by atoms with van der Waals surface area (Å²) in [4.78, 5) is 16.2. The molecule has 1 spiro atoms. The average molecular weight is 344 g/mol. The fourth-order valence-electron chi connectivity index (χ4n) is 3.75. The van der Waals surface area contributed by atoms with E-state index in [4.69, 9.17) is 0 Å². The summed E-state index contributed by atoms with van der Waals surface area (Å²) in [6, 6.07) is 7.45.